The quantitative estimate of drug-likeness (QED) is 0.875. The van der Waals surface area contributed by atoms with Gasteiger partial charge in [-0.2, -0.15) is 0 Å². The molecular weight excluding hydrogens is 260 g/mol. The zero-order valence-electron chi connectivity index (χ0n) is 13.5. The number of amides is 1. The van der Waals surface area contributed by atoms with Crippen LogP contribution in [0.1, 0.15) is 45.6 Å². The van der Waals surface area contributed by atoms with Crippen LogP contribution in [0.4, 0.5) is 0 Å². The van der Waals surface area contributed by atoms with Gasteiger partial charge < -0.3 is 10.6 Å². The number of piperidine rings is 1. The summed E-state index contributed by atoms with van der Waals surface area (Å²) >= 11 is 0. The highest BCUT2D eigenvalue weighted by atomic mass is 16.1. The summed E-state index contributed by atoms with van der Waals surface area (Å²) < 4.78 is 0. The summed E-state index contributed by atoms with van der Waals surface area (Å²) in [6, 6.07) is 10.7. The lowest BCUT2D eigenvalue weighted by Crippen LogP contribution is -2.43. The Hall–Kier alpha value is -1.35. The van der Waals surface area contributed by atoms with E-state index in [-0.39, 0.29) is 23.3 Å². The summed E-state index contributed by atoms with van der Waals surface area (Å²) in [6.45, 7) is 8.53. The van der Waals surface area contributed by atoms with Crippen LogP contribution in [-0.2, 0) is 10.2 Å². The third kappa shape index (κ3) is 4.57. The van der Waals surface area contributed by atoms with Crippen LogP contribution >= 0.6 is 0 Å². The summed E-state index contributed by atoms with van der Waals surface area (Å²) in [4.78, 5) is 12.3. The average Bonchev–Trinajstić information content (AvgIpc) is 2.48. The lowest BCUT2D eigenvalue weighted by molar-refractivity contribution is -0.126. The molecule has 116 valence electrons. The Bertz CT molecular complexity index is 450. The number of rotatable bonds is 5. The smallest absolute Gasteiger partial charge is 0.223 e. The highest BCUT2D eigenvalue weighted by Gasteiger charge is 2.26. The van der Waals surface area contributed by atoms with Crippen molar-refractivity contribution in [2.45, 2.75) is 51.5 Å². The monoisotopic (exact) mass is 288 g/mol. The van der Waals surface area contributed by atoms with Crippen molar-refractivity contribution in [1.29, 1.82) is 0 Å². The second-order valence-corrected chi connectivity index (χ2v) is 6.89. The van der Waals surface area contributed by atoms with Crippen molar-refractivity contribution in [2.24, 2.45) is 5.92 Å². The van der Waals surface area contributed by atoms with E-state index in [0.29, 0.717) is 0 Å². The van der Waals surface area contributed by atoms with E-state index in [1.807, 2.05) is 6.07 Å². The number of benzene rings is 1. The van der Waals surface area contributed by atoms with E-state index in [9.17, 15) is 4.79 Å². The summed E-state index contributed by atoms with van der Waals surface area (Å²) in [7, 11) is 0. The van der Waals surface area contributed by atoms with Gasteiger partial charge in [-0.25, -0.2) is 0 Å². The van der Waals surface area contributed by atoms with Crippen LogP contribution in [0.15, 0.2) is 30.3 Å². The molecule has 1 aromatic carbocycles. The SMILES string of the molecule is CC(CC(C)(C)c1ccccc1)NC(=O)C1CCNCC1. The molecular formula is C18H28N2O. The zero-order valence-corrected chi connectivity index (χ0v) is 13.5. The number of hydrogen-bond acceptors (Lipinski definition) is 2. The maximum Gasteiger partial charge on any atom is 0.223 e. The van der Waals surface area contributed by atoms with Gasteiger partial charge in [0, 0.05) is 12.0 Å². The maximum atomic E-state index is 12.3. The predicted octanol–water partition coefficient (Wildman–Crippen LogP) is 2.86. The second-order valence-electron chi connectivity index (χ2n) is 6.89. The molecule has 1 amide bonds. The van der Waals surface area contributed by atoms with E-state index in [2.05, 4.69) is 55.7 Å². The summed E-state index contributed by atoms with van der Waals surface area (Å²) in [5.74, 6) is 0.418. The molecule has 3 heteroatoms. The van der Waals surface area contributed by atoms with Crippen molar-refractivity contribution in [1.82, 2.24) is 10.6 Å². The van der Waals surface area contributed by atoms with Crippen LogP contribution in [0.25, 0.3) is 0 Å². The molecule has 1 unspecified atom stereocenters. The molecule has 0 radical (unpaired) electrons. The third-order valence-corrected chi connectivity index (χ3v) is 4.47. The molecule has 0 spiro atoms. The van der Waals surface area contributed by atoms with Crippen LogP contribution < -0.4 is 10.6 Å². The molecule has 1 heterocycles. The van der Waals surface area contributed by atoms with Gasteiger partial charge in [0.25, 0.3) is 0 Å². The van der Waals surface area contributed by atoms with Crippen LogP contribution in [0.3, 0.4) is 0 Å². The zero-order chi connectivity index (χ0) is 15.3. The van der Waals surface area contributed by atoms with E-state index in [4.69, 9.17) is 0 Å². The van der Waals surface area contributed by atoms with Crippen molar-refractivity contribution in [3.8, 4) is 0 Å². The molecule has 1 saturated heterocycles. The van der Waals surface area contributed by atoms with Gasteiger partial charge in [-0.05, 0) is 50.3 Å². The van der Waals surface area contributed by atoms with Gasteiger partial charge in [0.15, 0.2) is 0 Å². The molecule has 21 heavy (non-hydrogen) atoms. The molecule has 1 aliphatic heterocycles. The minimum absolute atomic E-state index is 0.0715. The van der Waals surface area contributed by atoms with Crippen molar-refractivity contribution in [2.75, 3.05) is 13.1 Å². The van der Waals surface area contributed by atoms with E-state index in [1.165, 1.54) is 5.56 Å². The Balaban J connectivity index is 1.88. The first-order valence-corrected chi connectivity index (χ1v) is 8.05. The Kier molecular flexibility index (Phi) is 5.40. The summed E-state index contributed by atoms with van der Waals surface area (Å²) in [6.07, 6.45) is 2.87. The second kappa shape index (κ2) is 7.08. The van der Waals surface area contributed by atoms with Crippen LogP contribution in [0.2, 0.25) is 0 Å². The normalized spacial score (nSPS) is 18.2. The molecule has 0 aromatic heterocycles. The Morgan fingerprint density at radius 3 is 2.52 bits per heavy atom. The van der Waals surface area contributed by atoms with Crippen molar-refractivity contribution < 1.29 is 4.79 Å². The minimum Gasteiger partial charge on any atom is -0.353 e. The Morgan fingerprint density at radius 2 is 1.90 bits per heavy atom. The maximum absolute atomic E-state index is 12.3. The molecule has 0 saturated carbocycles. The highest BCUT2D eigenvalue weighted by Crippen LogP contribution is 2.28. The Morgan fingerprint density at radius 1 is 1.29 bits per heavy atom. The number of carbonyl (C=O) groups excluding carboxylic acids is 1. The molecule has 0 bridgehead atoms. The minimum atomic E-state index is 0.0715. The van der Waals surface area contributed by atoms with Crippen molar-refractivity contribution in [3.63, 3.8) is 0 Å². The van der Waals surface area contributed by atoms with Crippen LogP contribution in [0.5, 0.6) is 0 Å². The van der Waals surface area contributed by atoms with Gasteiger partial charge in [0.1, 0.15) is 0 Å². The molecule has 2 N–H and O–H groups in total. The van der Waals surface area contributed by atoms with Gasteiger partial charge in [-0.15, -0.1) is 0 Å². The van der Waals surface area contributed by atoms with Crippen molar-refractivity contribution in [3.05, 3.63) is 35.9 Å². The number of carbonyl (C=O) groups is 1. The molecule has 1 aromatic rings. The first-order valence-electron chi connectivity index (χ1n) is 8.05. The Labute approximate surface area is 128 Å². The number of hydrogen-bond donors (Lipinski definition) is 2. The fraction of sp³-hybridized carbons (Fsp3) is 0.611. The van der Waals surface area contributed by atoms with Gasteiger partial charge >= 0.3 is 0 Å². The first-order chi connectivity index (χ1) is 9.99. The lowest BCUT2D eigenvalue weighted by Gasteiger charge is -2.30. The first kappa shape index (κ1) is 16.0. The standard InChI is InChI=1S/C18H28N2O/c1-14(20-17(21)15-9-11-19-12-10-15)13-18(2,3)16-7-5-4-6-8-16/h4-8,14-15,19H,9-13H2,1-3H3,(H,20,21). The fourth-order valence-electron chi connectivity index (χ4n) is 3.27. The number of nitrogens with one attached hydrogen (secondary N) is 2. The van der Waals surface area contributed by atoms with Crippen LogP contribution in [0, 0.1) is 5.92 Å². The van der Waals surface area contributed by atoms with Gasteiger partial charge in [0.05, 0.1) is 0 Å². The van der Waals surface area contributed by atoms with E-state index >= 15 is 0 Å². The molecule has 1 aliphatic rings. The van der Waals surface area contributed by atoms with Gasteiger partial charge in [-0.3, -0.25) is 4.79 Å². The van der Waals surface area contributed by atoms with Gasteiger partial charge in [-0.1, -0.05) is 44.2 Å². The largest absolute Gasteiger partial charge is 0.353 e. The fourth-order valence-corrected chi connectivity index (χ4v) is 3.27. The predicted molar refractivity (Wildman–Crippen MR) is 87.3 cm³/mol. The molecule has 1 atom stereocenters. The van der Waals surface area contributed by atoms with E-state index in [0.717, 1.165) is 32.4 Å². The average molecular weight is 288 g/mol. The highest BCUT2D eigenvalue weighted by molar-refractivity contribution is 5.79. The third-order valence-electron chi connectivity index (χ3n) is 4.47. The molecule has 1 fully saturated rings. The molecule has 2 rings (SSSR count). The summed E-state index contributed by atoms with van der Waals surface area (Å²) in [5.41, 5.74) is 1.40. The lowest BCUT2D eigenvalue weighted by atomic mass is 9.79. The van der Waals surface area contributed by atoms with E-state index < -0.39 is 0 Å². The summed E-state index contributed by atoms with van der Waals surface area (Å²) in [5, 5.41) is 6.51. The van der Waals surface area contributed by atoms with Crippen molar-refractivity contribution >= 4 is 5.91 Å². The molecule has 0 aliphatic carbocycles. The van der Waals surface area contributed by atoms with Crippen LogP contribution in [-0.4, -0.2) is 25.0 Å². The molecule has 3 nitrogen and oxygen atoms in total. The van der Waals surface area contributed by atoms with E-state index in [1.54, 1.807) is 0 Å². The topological polar surface area (TPSA) is 41.1 Å². The van der Waals surface area contributed by atoms with Gasteiger partial charge in [0.2, 0.25) is 5.91 Å².